The Morgan fingerprint density at radius 3 is 2.30 bits per heavy atom. The van der Waals surface area contributed by atoms with E-state index in [0.717, 1.165) is 59.4 Å². The third-order valence-corrected chi connectivity index (χ3v) is 7.04. The van der Waals surface area contributed by atoms with Crippen LogP contribution in [0.1, 0.15) is 55.1 Å². The minimum absolute atomic E-state index is 0.114. The number of amides is 1. The van der Waals surface area contributed by atoms with Crippen molar-refractivity contribution in [3.8, 4) is 11.4 Å². The van der Waals surface area contributed by atoms with Crippen LogP contribution in [-0.2, 0) is 17.7 Å². The summed E-state index contributed by atoms with van der Waals surface area (Å²) in [6, 6.07) is 16.5. The molecule has 0 unspecified atom stereocenters. The first kappa shape index (κ1) is 23.3. The lowest BCUT2D eigenvalue weighted by atomic mass is 9.87. The van der Waals surface area contributed by atoms with Gasteiger partial charge in [0.2, 0.25) is 0 Å². The smallest absolute Gasteiger partial charge is 0.253 e. The third-order valence-electron chi connectivity index (χ3n) is 6.00. The second-order valence-electron chi connectivity index (χ2n) is 9.52. The van der Waals surface area contributed by atoms with Gasteiger partial charge in [-0.3, -0.25) is 9.36 Å². The SMILES string of the molecule is C=CCn1c(SCc2ccc(C(=O)N3CCCC3)cc2)nnc1-c1ccc(C(C)(C)C)cc1. The number of rotatable bonds is 7. The molecule has 0 N–H and O–H groups in total. The van der Waals surface area contributed by atoms with E-state index in [1.54, 1.807) is 11.8 Å². The molecule has 0 atom stereocenters. The number of benzene rings is 2. The fraction of sp³-hybridized carbons (Fsp3) is 0.370. The van der Waals surface area contributed by atoms with Crippen LogP contribution >= 0.6 is 11.8 Å². The molecule has 0 aliphatic carbocycles. The van der Waals surface area contributed by atoms with Gasteiger partial charge in [-0.2, -0.15) is 0 Å². The van der Waals surface area contributed by atoms with E-state index in [2.05, 4.69) is 66.4 Å². The van der Waals surface area contributed by atoms with Gasteiger partial charge in [-0.25, -0.2) is 0 Å². The van der Waals surface area contributed by atoms with Crippen LogP contribution in [0.5, 0.6) is 0 Å². The molecule has 2 heterocycles. The van der Waals surface area contributed by atoms with Crippen molar-refractivity contribution in [2.45, 2.75) is 56.5 Å². The Morgan fingerprint density at radius 1 is 1.03 bits per heavy atom. The van der Waals surface area contributed by atoms with Crippen molar-refractivity contribution in [1.29, 1.82) is 0 Å². The number of nitrogens with zero attached hydrogens (tertiary/aromatic N) is 4. The van der Waals surface area contributed by atoms with Gasteiger partial charge in [-0.05, 0) is 41.5 Å². The molecule has 33 heavy (non-hydrogen) atoms. The first-order chi connectivity index (χ1) is 15.9. The van der Waals surface area contributed by atoms with Crippen LogP contribution in [0, 0.1) is 0 Å². The first-order valence-electron chi connectivity index (χ1n) is 11.5. The topological polar surface area (TPSA) is 51.0 Å². The summed E-state index contributed by atoms with van der Waals surface area (Å²) < 4.78 is 2.11. The summed E-state index contributed by atoms with van der Waals surface area (Å²) in [4.78, 5) is 14.5. The standard InChI is InChI=1S/C27H32N4OS/c1-5-16-31-24(21-12-14-23(15-13-21)27(2,3)4)28-29-26(31)33-19-20-8-10-22(11-9-20)25(32)30-17-6-7-18-30/h5,8-15H,1,6-7,16-19H2,2-4H3. The van der Waals surface area contributed by atoms with E-state index in [0.29, 0.717) is 6.54 Å². The summed E-state index contributed by atoms with van der Waals surface area (Å²) in [6.07, 6.45) is 4.09. The van der Waals surface area contributed by atoms with Gasteiger partial charge < -0.3 is 4.90 Å². The molecule has 1 saturated heterocycles. The number of likely N-dealkylation sites (tertiary alicyclic amines) is 1. The summed E-state index contributed by atoms with van der Waals surface area (Å²) in [5, 5.41) is 9.81. The van der Waals surface area contributed by atoms with Crippen LogP contribution in [0.4, 0.5) is 0 Å². The lowest BCUT2D eigenvalue weighted by molar-refractivity contribution is 0.0793. The molecule has 2 aromatic carbocycles. The lowest BCUT2D eigenvalue weighted by Gasteiger charge is -2.19. The maximum atomic E-state index is 12.6. The Bertz CT molecular complexity index is 1100. The predicted molar refractivity (Wildman–Crippen MR) is 135 cm³/mol. The molecule has 6 heteroatoms. The van der Waals surface area contributed by atoms with Crippen molar-refractivity contribution in [2.24, 2.45) is 0 Å². The van der Waals surface area contributed by atoms with Crippen molar-refractivity contribution in [2.75, 3.05) is 13.1 Å². The van der Waals surface area contributed by atoms with Gasteiger partial charge in [-0.15, -0.1) is 16.8 Å². The lowest BCUT2D eigenvalue weighted by Crippen LogP contribution is -2.27. The summed E-state index contributed by atoms with van der Waals surface area (Å²) in [5.74, 6) is 1.75. The van der Waals surface area contributed by atoms with Crippen molar-refractivity contribution in [1.82, 2.24) is 19.7 Å². The molecule has 1 fully saturated rings. The van der Waals surface area contributed by atoms with Crippen LogP contribution < -0.4 is 0 Å². The predicted octanol–water partition coefficient (Wildman–Crippen LogP) is 5.96. The Hall–Kier alpha value is -2.86. The average molecular weight is 461 g/mol. The van der Waals surface area contributed by atoms with Crippen molar-refractivity contribution in [3.63, 3.8) is 0 Å². The Labute approximate surface area is 200 Å². The van der Waals surface area contributed by atoms with Crippen molar-refractivity contribution in [3.05, 3.63) is 77.9 Å². The molecular weight excluding hydrogens is 428 g/mol. The van der Waals surface area contributed by atoms with Crippen LogP contribution in [0.25, 0.3) is 11.4 Å². The van der Waals surface area contributed by atoms with E-state index in [1.807, 2.05) is 35.2 Å². The minimum atomic E-state index is 0.114. The average Bonchev–Trinajstić information content (AvgIpc) is 3.48. The van der Waals surface area contributed by atoms with Crippen LogP contribution in [0.2, 0.25) is 0 Å². The summed E-state index contributed by atoms with van der Waals surface area (Å²) in [7, 11) is 0. The number of thioether (sulfide) groups is 1. The maximum absolute atomic E-state index is 12.6. The molecule has 1 amide bonds. The number of carbonyl (C=O) groups is 1. The van der Waals surface area contributed by atoms with Crippen molar-refractivity contribution >= 4 is 17.7 Å². The van der Waals surface area contributed by atoms with Gasteiger partial charge in [0.25, 0.3) is 5.91 Å². The zero-order valence-electron chi connectivity index (χ0n) is 19.8. The van der Waals surface area contributed by atoms with Crippen LogP contribution in [0.3, 0.4) is 0 Å². The molecule has 3 aromatic rings. The van der Waals surface area contributed by atoms with E-state index in [-0.39, 0.29) is 11.3 Å². The second-order valence-corrected chi connectivity index (χ2v) is 10.5. The minimum Gasteiger partial charge on any atom is -0.339 e. The highest BCUT2D eigenvalue weighted by Gasteiger charge is 2.20. The molecular formula is C27H32N4OS. The molecule has 172 valence electrons. The number of carbonyl (C=O) groups excluding carboxylic acids is 1. The summed E-state index contributed by atoms with van der Waals surface area (Å²) in [5.41, 5.74) is 4.38. The molecule has 0 radical (unpaired) electrons. The number of hydrogen-bond donors (Lipinski definition) is 0. The van der Waals surface area contributed by atoms with E-state index >= 15 is 0 Å². The fourth-order valence-electron chi connectivity index (χ4n) is 4.02. The highest BCUT2D eigenvalue weighted by molar-refractivity contribution is 7.98. The van der Waals surface area contributed by atoms with Crippen molar-refractivity contribution < 1.29 is 4.79 Å². The maximum Gasteiger partial charge on any atom is 0.253 e. The van der Waals surface area contributed by atoms with Gasteiger partial charge in [0.1, 0.15) is 0 Å². The third kappa shape index (κ3) is 5.38. The van der Waals surface area contributed by atoms with E-state index in [9.17, 15) is 4.79 Å². The van der Waals surface area contributed by atoms with Crippen LogP contribution in [-0.4, -0.2) is 38.7 Å². The number of hydrogen-bond acceptors (Lipinski definition) is 4. The van der Waals surface area contributed by atoms with Gasteiger partial charge >= 0.3 is 0 Å². The molecule has 4 rings (SSSR count). The Morgan fingerprint density at radius 2 is 1.70 bits per heavy atom. The highest BCUT2D eigenvalue weighted by atomic mass is 32.2. The molecule has 1 aliphatic heterocycles. The van der Waals surface area contributed by atoms with E-state index in [4.69, 9.17) is 0 Å². The zero-order chi connectivity index (χ0) is 23.4. The summed E-state index contributed by atoms with van der Waals surface area (Å²) in [6.45, 7) is 12.9. The second kappa shape index (κ2) is 9.96. The van der Waals surface area contributed by atoms with Crippen LogP contribution in [0.15, 0.2) is 66.3 Å². The molecule has 0 saturated carbocycles. The van der Waals surface area contributed by atoms with Gasteiger partial charge in [0.15, 0.2) is 11.0 Å². The number of allylic oxidation sites excluding steroid dienone is 1. The van der Waals surface area contributed by atoms with E-state index in [1.165, 1.54) is 5.56 Å². The van der Waals surface area contributed by atoms with Gasteiger partial charge in [-0.1, -0.05) is 75.0 Å². The first-order valence-corrected chi connectivity index (χ1v) is 12.5. The number of aromatic nitrogens is 3. The zero-order valence-corrected chi connectivity index (χ0v) is 20.6. The summed E-state index contributed by atoms with van der Waals surface area (Å²) >= 11 is 1.65. The van der Waals surface area contributed by atoms with Gasteiger partial charge in [0, 0.05) is 36.5 Å². The highest BCUT2D eigenvalue weighted by Crippen LogP contribution is 2.29. The van der Waals surface area contributed by atoms with E-state index < -0.39 is 0 Å². The Balaban J connectivity index is 1.47. The molecule has 0 spiro atoms. The molecule has 1 aliphatic rings. The Kier molecular flexibility index (Phi) is 7.03. The fourth-order valence-corrected chi connectivity index (χ4v) is 4.92. The van der Waals surface area contributed by atoms with Gasteiger partial charge in [0.05, 0.1) is 0 Å². The molecule has 0 bridgehead atoms. The molecule has 5 nitrogen and oxygen atoms in total. The normalized spacial score (nSPS) is 14.0. The quantitative estimate of drug-likeness (QED) is 0.323. The molecule has 1 aromatic heterocycles. The largest absolute Gasteiger partial charge is 0.339 e. The monoisotopic (exact) mass is 460 g/mol.